The number of hydrazine groups is 1. The normalized spacial score (nSPS) is 36.1. The van der Waals surface area contributed by atoms with E-state index in [0.29, 0.717) is 30.5 Å². The van der Waals surface area contributed by atoms with E-state index in [2.05, 4.69) is 41.5 Å². The Morgan fingerprint density at radius 2 is 1.92 bits per heavy atom. The topological polar surface area (TPSA) is 97.8 Å². The van der Waals surface area contributed by atoms with Crippen LogP contribution in [0.15, 0.2) is 24.3 Å². The Morgan fingerprint density at radius 1 is 1.11 bits per heavy atom. The van der Waals surface area contributed by atoms with Crippen molar-refractivity contribution < 1.29 is 24.2 Å². The van der Waals surface area contributed by atoms with Crippen molar-refractivity contribution in [2.24, 2.45) is 5.92 Å². The Bertz CT molecular complexity index is 1180. The number of likely N-dealkylation sites (tertiary alicyclic amines) is 2. The number of rotatable bonds is 3. The van der Waals surface area contributed by atoms with E-state index in [1.54, 1.807) is 4.90 Å². The summed E-state index contributed by atoms with van der Waals surface area (Å²) in [5, 5.41) is 12.9. The summed E-state index contributed by atoms with van der Waals surface area (Å²) in [6, 6.07) is 3.68. The first-order valence-electron chi connectivity index (χ1n) is 14.0. The molecule has 1 spiro atoms. The predicted molar refractivity (Wildman–Crippen MR) is 139 cm³/mol. The number of carbonyl (C=O) groups is 2. The molecular formula is C28H37N5O5. The average molecular weight is 524 g/mol. The van der Waals surface area contributed by atoms with E-state index in [4.69, 9.17) is 9.47 Å². The number of piperazine rings is 1. The van der Waals surface area contributed by atoms with Gasteiger partial charge in [0.25, 0.3) is 5.91 Å². The van der Waals surface area contributed by atoms with Crippen LogP contribution in [0, 0.1) is 5.92 Å². The second-order valence-corrected chi connectivity index (χ2v) is 11.9. The molecule has 4 aliphatic heterocycles. The zero-order valence-electron chi connectivity index (χ0n) is 22.1. The minimum Gasteiger partial charge on any atom is -0.482 e. The van der Waals surface area contributed by atoms with Crippen molar-refractivity contribution in [3.8, 4) is 11.5 Å². The molecule has 0 radical (unpaired) electrons. The Balaban J connectivity index is 1.13. The largest absolute Gasteiger partial charge is 0.482 e. The first-order valence-corrected chi connectivity index (χ1v) is 14.0. The summed E-state index contributed by atoms with van der Waals surface area (Å²) in [6.07, 6.45) is 5.57. The first kappa shape index (κ1) is 24.4. The van der Waals surface area contributed by atoms with Crippen molar-refractivity contribution in [3.63, 3.8) is 0 Å². The molecule has 6 aliphatic rings. The number of nitrogens with one attached hydrogen (secondary N) is 1. The molecule has 204 valence electrons. The van der Waals surface area contributed by atoms with Crippen LogP contribution in [0.3, 0.4) is 0 Å². The molecule has 2 bridgehead atoms. The highest BCUT2D eigenvalue weighted by Gasteiger charge is 2.64. The highest BCUT2D eigenvalue weighted by Crippen LogP contribution is 2.62. The quantitative estimate of drug-likeness (QED) is 0.560. The Morgan fingerprint density at radius 3 is 2.74 bits per heavy atom. The van der Waals surface area contributed by atoms with Gasteiger partial charge in [0, 0.05) is 55.7 Å². The van der Waals surface area contributed by atoms with E-state index in [-0.39, 0.29) is 17.2 Å². The molecule has 0 aromatic heterocycles. The van der Waals surface area contributed by atoms with Crippen molar-refractivity contribution in [1.82, 2.24) is 25.1 Å². The van der Waals surface area contributed by atoms with E-state index in [0.717, 1.165) is 57.5 Å². The third-order valence-electron chi connectivity index (χ3n) is 9.89. The lowest BCUT2D eigenvalue weighted by molar-refractivity contribution is -0.130. The number of aliphatic hydroxyl groups excluding tert-OH is 1. The number of carbonyl (C=O) groups excluding carboxylic acids is 2. The number of amides is 2. The van der Waals surface area contributed by atoms with E-state index in [9.17, 15) is 14.7 Å². The molecule has 1 aromatic rings. The zero-order chi connectivity index (χ0) is 26.2. The lowest BCUT2D eigenvalue weighted by Crippen LogP contribution is -2.64. The second kappa shape index (κ2) is 8.94. The maximum Gasteiger partial charge on any atom is 0.416 e. The van der Waals surface area contributed by atoms with E-state index in [1.165, 1.54) is 5.56 Å². The molecule has 2 unspecified atom stereocenters. The number of hydrogen-bond acceptors (Lipinski definition) is 8. The maximum atomic E-state index is 13.4. The van der Waals surface area contributed by atoms with Gasteiger partial charge in [0.2, 0.25) is 0 Å². The fraction of sp³-hybridized carbons (Fsp3) is 0.643. The lowest BCUT2D eigenvalue weighted by atomic mass is 9.53. The van der Waals surface area contributed by atoms with Crippen molar-refractivity contribution in [3.05, 3.63) is 35.4 Å². The molecule has 2 aliphatic carbocycles. The maximum absolute atomic E-state index is 13.4. The molecule has 0 saturated carbocycles. The van der Waals surface area contributed by atoms with Gasteiger partial charge in [-0.25, -0.2) is 9.80 Å². The van der Waals surface area contributed by atoms with Crippen LogP contribution in [0.4, 0.5) is 4.79 Å². The number of nitrogens with zero attached hydrogens (tertiary/aromatic N) is 4. The molecule has 7 rings (SSSR count). The molecule has 3 saturated heterocycles. The van der Waals surface area contributed by atoms with Crippen LogP contribution in [-0.4, -0.2) is 114 Å². The number of hydrogen-bond donors (Lipinski definition) is 2. The Kier molecular flexibility index (Phi) is 5.74. The number of piperidine rings is 1. The van der Waals surface area contributed by atoms with Gasteiger partial charge in [-0.3, -0.25) is 15.1 Å². The van der Waals surface area contributed by atoms with E-state index >= 15 is 0 Å². The van der Waals surface area contributed by atoms with E-state index in [1.807, 2.05) is 17.2 Å². The highest BCUT2D eigenvalue weighted by atomic mass is 16.6. The monoisotopic (exact) mass is 523 g/mol. The van der Waals surface area contributed by atoms with Gasteiger partial charge in [-0.15, -0.1) is 0 Å². The molecule has 38 heavy (non-hydrogen) atoms. The standard InChI is InChI=1S/C28H37N5O5/c1-30-12-14-32(15-13-30)29-26(35)19-4-3-10-33(19)27(36)37-22-8-5-17-16-20-18-6-7-21(34)25-28(18,9-11-31(20)2)23(17)24(22)38-25/h5-8,18-21,25,34H,3-4,9-16H2,1-2H3,(H,29,35)/t18?,19-,20?,21+,25+,28+/m1/s1. The molecule has 10 nitrogen and oxygen atoms in total. The van der Waals surface area contributed by atoms with Crippen LogP contribution in [0.25, 0.3) is 0 Å². The minimum absolute atomic E-state index is 0.158. The predicted octanol–water partition coefficient (Wildman–Crippen LogP) is 0.734. The number of benzene rings is 1. The first-order chi connectivity index (χ1) is 18.4. The van der Waals surface area contributed by atoms with Crippen molar-refractivity contribution in [2.45, 2.75) is 55.4 Å². The molecular weight excluding hydrogens is 486 g/mol. The van der Waals surface area contributed by atoms with Crippen molar-refractivity contribution in [2.75, 3.05) is 53.4 Å². The zero-order valence-corrected chi connectivity index (χ0v) is 22.1. The van der Waals surface area contributed by atoms with Gasteiger partial charge in [0.1, 0.15) is 18.2 Å². The van der Waals surface area contributed by atoms with Gasteiger partial charge in [0.15, 0.2) is 11.5 Å². The van der Waals surface area contributed by atoms with Gasteiger partial charge in [0.05, 0.1) is 0 Å². The van der Waals surface area contributed by atoms with E-state index < -0.39 is 24.3 Å². The highest BCUT2D eigenvalue weighted by molar-refractivity contribution is 5.86. The Labute approximate surface area is 223 Å². The van der Waals surface area contributed by atoms with Gasteiger partial charge in [-0.1, -0.05) is 18.2 Å². The van der Waals surface area contributed by atoms with Gasteiger partial charge in [-0.05, 0) is 58.0 Å². The fourth-order valence-corrected chi connectivity index (χ4v) is 7.87. The minimum atomic E-state index is -0.710. The SMILES string of the molecule is CN1CCN(NC(=O)[C@H]2CCCN2C(=O)Oc2ccc3c4c2O[C@H]2[C@@H](O)C=CC5C(C3)N(C)CC[C@@]452)CC1. The third-order valence-corrected chi connectivity index (χ3v) is 9.89. The lowest BCUT2D eigenvalue weighted by Gasteiger charge is -2.56. The van der Waals surface area contributed by atoms with Crippen LogP contribution >= 0.6 is 0 Å². The Hall–Kier alpha value is -2.66. The molecule has 6 atom stereocenters. The number of ether oxygens (including phenoxy) is 2. The summed E-state index contributed by atoms with van der Waals surface area (Å²) >= 11 is 0. The molecule has 4 heterocycles. The number of aliphatic hydroxyl groups is 1. The summed E-state index contributed by atoms with van der Waals surface area (Å²) in [5.74, 6) is 1.06. The van der Waals surface area contributed by atoms with Crippen LogP contribution < -0.4 is 14.9 Å². The van der Waals surface area contributed by atoms with Crippen molar-refractivity contribution >= 4 is 12.0 Å². The molecule has 3 fully saturated rings. The van der Waals surface area contributed by atoms with Crippen LogP contribution in [-0.2, 0) is 16.6 Å². The molecule has 2 N–H and O–H groups in total. The second-order valence-electron chi connectivity index (χ2n) is 11.9. The summed E-state index contributed by atoms with van der Waals surface area (Å²) < 4.78 is 12.5. The third kappa shape index (κ3) is 3.53. The van der Waals surface area contributed by atoms with Crippen LogP contribution in [0.2, 0.25) is 0 Å². The smallest absolute Gasteiger partial charge is 0.416 e. The van der Waals surface area contributed by atoms with Gasteiger partial charge in [-0.2, -0.15) is 0 Å². The summed E-state index contributed by atoms with van der Waals surface area (Å²) in [6.45, 7) is 4.71. The summed E-state index contributed by atoms with van der Waals surface area (Å²) in [5.41, 5.74) is 5.02. The van der Waals surface area contributed by atoms with Crippen LogP contribution in [0.1, 0.15) is 30.4 Å². The average Bonchev–Trinajstić information content (AvgIpc) is 3.53. The van der Waals surface area contributed by atoms with Crippen LogP contribution in [0.5, 0.6) is 11.5 Å². The van der Waals surface area contributed by atoms with Crippen molar-refractivity contribution in [1.29, 1.82) is 0 Å². The molecule has 2 amide bonds. The molecule has 1 aromatic carbocycles. The van der Waals surface area contributed by atoms with Gasteiger partial charge < -0.3 is 24.4 Å². The molecule has 10 heteroatoms. The fourth-order valence-electron chi connectivity index (χ4n) is 7.87. The number of likely N-dealkylation sites (N-methyl/N-ethyl adjacent to an activating group) is 2. The summed E-state index contributed by atoms with van der Waals surface area (Å²) in [4.78, 5) is 32.7. The summed E-state index contributed by atoms with van der Waals surface area (Å²) in [7, 11) is 4.25. The van der Waals surface area contributed by atoms with Gasteiger partial charge >= 0.3 is 6.09 Å².